The first-order valence-corrected chi connectivity index (χ1v) is 9.01. The van der Waals surface area contributed by atoms with Crippen molar-refractivity contribution in [3.63, 3.8) is 0 Å². The first kappa shape index (κ1) is 18.6. The molecule has 7 nitrogen and oxygen atoms in total. The lowest BCUT2D eigenvalue weighted by Crippen LogP contribution is -2.37. The fourth-order valence-electron chi connectivity index (χ4n) is 2.71. The molecule has 136 valence electrons. The van der Waals surface area contributed by atoms with E-state index in [9.17, 15) is 14.9 Å². The molecule has 1 aliphatic heterocycles. The average molecular weight is 441 g/mol. The normalized spacial score (nSPS) is 14.2. The zero-order valence-corrected chi connectivity index (χ0v) is 15.9. The summed E-state index contributed by atoms with van der Waals surface area (Å²) in [6.45, 7) is 2.49. The molecule has 9 heteroatoms. The zero-order chi connectivity index (χ0) is 18.7. The van der Waals surface area contributed by atoms with Crippen LogP contribution in [0.15, 0.2) is 40.9 Å². The summed E-state index contributed by atoms with van der Waals surface area (Å²) in [6.07, 6.45) is 0. The molecule has 0 bridgehead atoms. The molecule has 26 heavy (non-hydrogen) atoms. The van der Waals surface area contributed by atoms with Gasteiger partial charge in [-0.05, 0) is 40.2 Å². The molecule has 0 unspecified atom stereocenters. The summed E-state index contributed by atoms with van der Waals surface area (Å²) >= 11 is 9.46. The predicted molar refractivity (Wildman–Crippen MR) is 103 cm³/mol. The lowest BCUT2D eigenvalue weighted by atomic mass is 10.1. The summed E-state index contributed by atoms with van der Waals surface area (Å²) < 4.78 is 5.67. The summed E-state index contributed by atoms with van der Waals surface area (Å²) in [4.78, 5) is 25.2. The third kappa shape index (κ3) is 3.98. The van der Waals surface area contributed by atoms with Crippen molar-refractivity contribution in [2.75, 3.05) is 36.5 Å². The lowest BCUT2D eigenvalue weighted by Gasteiger charge is -2.31. The van der Waals surface area contributed by atoms with Gasteiger partial charge in [-0.25, -0.2) is 0 Å². The first-order chi connectivity index (χ1) is 12.5. The van der Waals surface area contributed by atoms with E-state index in [-0.39, 0.29) is 11.3 Å². The third-order valence-electron chi connectivity index (χ3n) is 3.97. The molecule has 1 amide bonds. The molecule has 0 spiro atoms. The molecule has 2 aromatic carbocycles. The molecule has 0 aliphatic carbocycles. The van der Waals surface area contributed by atoms with Crippen molar-refractivity contribution in [3.05, 3.63) is 61.6 Å². The van der Waals surface area contributed by atoms with Crippen LogP contribution < -0.4 is 10.2 Å². The molecule has 1 heterocycles. The molecule has 0 atom stereocenters. The molecule has 1 fully saturated rings. The standard InChI is InChI=1S/C17H15BrClN3O4/c18-12-5-4-11(10-15(12)22(24)25)17(23)20-14-3-1-2-13(19)16(14)21-6-8-26-9-7-21/h1-5,10H,6-9H2,(H,20,23). The molecule has 2 aromatic rings. The number of nitro benzene ring substituents is 1. The smallest absolute Gasteiger partial charge is 0.284 e. The number of morpholine rings is 1. The van der Waals surface area contributed by atoms with Gasteiger partial charge < -0.3 is 15.0 Å². The van der Waals surface area contributed by atoms with Crippen molar-refractivity contribution < 1.29 is 14.5 Å². The van der Waals surface area contributed by atoms with Crippen LogP contribution >= 0.6 is 27.5 Å². The van der Waals surface area contributed by atoms with E-state index >= 15 is 0 Å². The molecule has 0 saturated carbocycles. The fourth-order valence-corrected chi connectivity index (χ4v) is 3.40. The number of rotatable bonds is 4. The number of hydrogen-bond acceptors (Lipinski definition) is 5. The largest absolute Gasteiger partial charge is 0.378 e. The average Bonchev–Trinajstić information content (AvgIpc) is 2.62. The van der Waals surface area contributed by atoms with Crippen molar-refractivity contribution >= 4 is 50.5 Å². The zero-order valence-electron chi connectivity index (χ0n) is 13.6. The van der Waals surface area contributed by atoms with Gasteiger partial charge >= 0.3 is 0 Å². The van der Waals surface area contributed by atoms with Crippen molar-refractivity contribution in [3.8, 4) is 0 Å². The van der Waals surface area contributed by atoms with Crippen molar-refractivity contribution in [1.29, 1.82) is 0 Å². The van der Waals surface area contributed by atoms with Gasteiger partial charge in [0.1, 0.15) is 0 Å². The van der Waals surface area contributed by atoms with Gasteiger partial charge in [-0.2, -0.15) is 0 Å². The van der Waals surface area contributed by atoms with Crippen LogP contribution in [-0.2, 0) is 4.74 Å². The van der Waals surface area contributed by atoms with Crippen molar-refractivity contribution in [2.45, 2.75) is 0 Å². The van der Waals surface area contributed by atoms with Crippen LogP contribution in [0.2, 0.25) is 5.02 Å². The van der Waals surface area contributed by atoms with E-state index in [0.29, 0.717) is 41.5 Å². The third-order valence-corrected chi connectivity index (χ3v) is 4.94. The maximum atomic E-state index is 12.6. The predicted octanol–water partition coefficient (Wildman–Crippen LogP) is 4.10. The molecule has 1 aliphatic rings. The highest BCUT2D eigenvalue weighted by Crippen LogP contribution is 2.35. The van der Waals surface area contributed by atoms with E-state index in [1.54, 1.807) is 18.2 Å². The number of benzene rings is 2. The minimum Gasteiger partial charge on any atom is -0.378 e. The molecule has 1 N–H and O–H groups in total. The topological polar surface area (TPSA) is 84.7 Å². The molecular weight excluding hydrogens is 426 g/mol. The summed E-state index contributed by atoms with van der Waals surface area (Å²) in [5.41, 5.74) is 1.29. The highest BCUT2D eigenvalue weighted by atomic mass is 79.9. The van der Waals surface area contributed by atoms with E-state index in [1.807, 2.05) is 4.90 Å². The Morgan fingerprint density at radius 2 is 2.00 bits per heavy atom. The number of nitro groups is 1. The Hall–Kier alpha value is -2.16. The van der Waals surface area contributed by atoms with E-state index in [1.165, 1.54) is 18.2 Å². The fraction of sp³-hybridized carbons (Fsp3) is 0.235. The second-order valence-corrected chi connectivity index (χ2v) is 6.87. The Bertz CT molecular complexity index is 856. The molecular formula is C17H15BrClN3O4. The van der Waals surface area contributed by atoms with Gasteiger partial charge in [0.2, 0.25) is 0 Å². The van der Waals surface area contributed by atoms with Crippen LogP contribution in [0.25, 0.3) is 0 Å². The monoisotopic (exact) mass is 439 g/mol. The van der Waals surface area contributed by atoms with Crippen LogP contribution in [0.3, 0.4) is 0 Å². The second-order valence-electron chi connectivity index (χ2n) is 5.61. The van der Waals surface area contributed by atoms with Crippen molar-refractivity contribution in [2.24, 2.45) is 0 Å². The summed E-state index contributed by atoms with van der Waals surface area (Å²) in [7, 11) is 0. The highest BCUT2D eigenvalue weighted by molar-refractivity contribution is 9.10. The van der Waals surface area contributed by atoms with Gasteiger partial charge in [-0.3, -0.25) is 14.9 Å². The summed E-state index contributed by atoms with van der Waals surface area (Å²) in [6, 6.07) is 9.48. The van der Waals surface area contributed by atoms with Crippen LogP contribution in [0.4, 0.5) is 17.1 Å². The summed E-state index contributed by atoms with van der Waals surface area (Å²) in [5.74, 6) is -0.447. The van der Waals surface area contributed by atoms with Gasteiger partial charge in [0, 0.05) is 24.7 Å². The Kier molecular flexibility index (Phi) is 5.75. The number of halogens is 2. The minimum absolute atomic E-state index is 0.169. The first-order valence-electron chi connectivity index (χ1n) is 7.84. The van der Waals surface area contributed by atoms with Gasteiger partial charge in [0.25, 0.3) is 11.6 Å². The maximum absolute atomic E-state index is 12.6. The van der Waals surface area contributed by atoms with E-state index in [0.717, 1.165) is 5.69 Å². The number of carbonyl (C=O) groups excluding carboxylic acids is 1. The Balaban J connectivity index is 1.89. The Labute approximate surface area is 163 Å². The maximum Gasteiger partial charge on any atom is 0.284 e. The number of anilines is 2. The number of amides is 1. The van der Waals surface area contributed by atoms with Crippen LogP contribution in [0.1, 0.15) is 10.4 Å². The molecule has 3 rings (SSSR count). The van der Waals surface area contributed by atoms with Crippen LogP contribution in [0.5, 0.6) is 0 Å². The van der Waals surface area contributed by atoms with E-state index in [2.05, 4.69) is 21.2 Å². The second kappa shape index (κ2) is 8.03. The van der Waals surface area contributed by atoms with Gasteiger partial charge in [-0.1, -0.05) is 17.7 Å². The van der Waals surface area contributed by atoms with E-state index in [4.69, 9.17) is 16.3 Å². The van der Waals surface area contributed by atoms with Gasteiger partial charge in [-0.15, -0.1) is 0 Å². The molecule has 1 saturated heterocycles. The SMILES string of the molecule is O=C(Nc1cccc(Cl)c1N1CCOCC1)c1ccc(Br)c([N+](=O)[O-])c1. The number of nitrogens with one attached hydrogen (secondary N) is 1. The highest BCUT2D eigenvalue weighted by Gasteiger charge is 2.21. The van der Waals surface area contributed by atoms with Gasteiger partial charge in [0.05, 0.1) is 39.0 Å². The number of para-hydroxylation sites is 1. The quantitative estimate of drug-likeness (QED) is 0.571. The number of carbonyl (C=O) groups is 1. The lowest BCUT2D eigenvalue weighted by molar-refractivity contribution is -0.385. The Morgan fingerprint density at radius 1 is 1.27 bits per heavy atom. The number of ether oxygens (including phenoxy) is 1. The molecule has 0 radical (unpaired) electrons. The van der Waals surface area contributed by atoms with E-state index < -0.39 is 10.8 Å². The number of hydrogen-bond donors (Lipinski definition) is 1. The minimum atomic E-state index is -0.542. The van der Waals surface area contributed by atoms with Gasteiger partial charge in [0.15, 0.2) is 0 Å². The van der Waals surface area contributed by atoms with Crippen LogP contribution in [-0.4, -0.2) is 37.1 Å². The van der Waals surface area contributed by atoms with Crippen LogP contribution in [0, 0.1) is 10.1 Å². The van der Waals surface area contributed by atoms with Crippen molar-refractivity contribution in [1.82, 2.24) is 0 Å². The Morgan fingerprint density at radius 3 is 2.69 bits per heavy atom. The molecule has 0 aromatic heterocycles. The summed E-state index contributed by atoms with van der Waals surface area (Å²) in [5, 5.41) is 14.4. The number of nitrogens with zero attached hydrogens (tertiary/aromatic N) is 2.